The molecule has 1 aromatic rings. The van der Waals surface area contributed by atoms with E-state index in [9.17, 15) is 9.90 Å². The third kappa shape index (κ3) is 5.45. The molecule has 1 saturated carbocycles. The lowest BCUT2D eigenvalue weighted by Gasteiger charge is -2.37. The van der Waals surface area contributed by atoms with Crippen LogP contribution >= 0.6 is 24.8 Å². The molecule has 3 fully saturated rings. The van der Waals surface area contributed by atoms with E-state index in [1.54, 1.807) is 0 Å². The summed E-state index contributed by atoms with van der Waals surface area (Å²) in [5.74, 6) is 0.745. The van der Waals surface area contributed by atoms with Crippen molar-refractivity contribution in [2.24, 2.45) is 11.3 Å². The van der Waals surface area contributed by atoms with Gasteiger partial charge in [0.05, 0.1) is 11.5 Å². The second-order valence-electron chi connectivity index (χ2n) is 8.69. The Hall–Kier alpha value is -0.850. The Bertz CT molecular complexity index is 667. The fraction of sp³-hybridized carbons (Fsp3) is 0.682. The highest BCUT2D eigenvalue weighted by atomic mass is 35.5. The molecule has 5 nitrogen and oxygen atoms in total. The second-order valence-corrected chi connectivity index (χ2v) is 8.69. The first-order valence-corrected chi connectivity index (χ1v) is 10.6. The largest absolute Gasteiger partial charge is 0.393 e. The minimum Gasteiger partial charge on any atom is -0.393 e. The number of amides is 1. The number of likely N-dealkylation sites (tertiary alicyclic amines) is 1. The highest BCUT2D eigenvalue weighted by Gasteiger charge is 2.49. The average Bonchev–Trinajstić information content (AvgIpc) is 3.14. The van der Waals surface area contributed by atoms with E-state index >= 15 is 0 Å². The number of piperidine rings is 1. The average molecular weight is 444 g/mol. The summed E-state index contributed by atoms with van der Waals surface area (Å²) in [6.07, 6.45) is 6.20. The fourth-order valence-electron chi connectivity index (χ4n) is 5.24. The smallest absolute Gasteiger partial charge is 0.228 e. The van der Waals surface area contributed by atoms with Crippen LogP contribution in [0.3, 0.4) is 0 Å². The van der Waals surface area contributed by atoms with Gasteiger partial charge in [0.25, 0.3) is 0 Å². The number of hydrogen-bond donors (Lipinski definition) is 3. The summed E-state index contributed by atoms with van der Waals surface area (Å²) < 4.78 is 0. The van der Waals surface area contributed by atoms with Gasteiger partial charge in [-0.2, -0.15) is 0 Å². The number of benzene rings is 1. The topological polar surface area (TPSA) is 64.6 Å². The molecule has 3 aliphatic rings. The molecular formula is C22H35Cl2N3O2. The van der Waals surface area contributed by atoms with Crippen molar-refractivity contribution >= 4 is 30.7 Å². The quantitative estimate of drug-likeness (QED) is 0.654. The van der Waals surface area contributed by atoms with Gasteiger partial charge in [0.15, 0.2) is 0 Å². The number of fused-ring (bicyclic) bond motifs is 1. The van der Waals surface area contributed by atoms with Crippen LogP contribution in [0.5, 0.6) is 0 Å². The maximum absolute atomic E-state index is 13.1. The second kappa shape index (κ2) is 11.0. The summed E-state index contributed by atoms with van der Waals surface area (Å²) in [7, 11) is 0. The molecule has 2 saturated heterocycles. The molecule has 2 atom stereocenters. The van der Waals surface area contributed by atoms with E-state index in [4.69, 9.17) is 0 Å². The number of carbonyl (C=O) groups excluding carboxylic acids is 1. The van der Waals surface area contributed by atoms with Crippen LogP contribution < -0.4 is 10.6 Å². The number of halogens is 2. The summed E-state index contributed by atoms with van der Waals surface area (Å²) in [5.41, 5.74) is 2.32. The summed E-state index contributed by atoms with van der Waals surface area (Å²) >= 11 is 0. The SMILES string of the molecule is Cl.Cl.O=C(NCc1ccccc1CN1CCC(O)CC1)[C@@]12CCCC[C@H]1CNC2. The number of carbonyl (C=O) groups is 1. The van der Waals surface area contributed by atoms with Gasteiger partial charge in [0, 0.05) is 32.7 Å². The van der Waals surface area contributed by atoms with Gasteiger partial charge in [-0.25, -0.2) is 0 Å². The van der Waals surface area contributed by atoms with Crippen LogP contribution in [0, 0.1) is 11.3 Å². The lowest BCUT2D eigenvalue weighted by Crippen LogP contribution is -2.47. The number of hydrogen-bond acceptors (Lipinski definition) is 4. The third-order valence-corrected chi connectivity index (χ3v) is 7.00. The van der Waals surface area contributed by atoms with Gasteiger partial charge >= 0.3 is 0 Å². The van der Waals surface area contributed by atoms with Crippen molar-refractivity contribution in [2.45, 2.75) is 57.7 Å². The van der Waals surface area contributed by atoms with Gasteiger partial charge in [-0.3, -0.25) is 9.69 Å². The van der Waals surface area contributed by atoms with E-state index in [1.165, 1.54) is 30.4 Å². The summed E-state index contributed by atoms with van der Waals surface area (Å²) in [6.45, 7) is 5.22. The summed E-state index contributed by atoms with van der Waals surface area (Å²) in [6, 6.07) is 8.45. The molecule has 1 aromatic carbocycles. The minimum atomic E-state index is -0.184. The lowest BCUT2D eigenvalue weighted by atomic mass is 9.67. The monoisotopic (exact) mass is 443 g/mol. The van der Waals surface area contributed by atoms with Gasteiger partial charge in [-0.1, -0.05) is 37.1 Å². The third-order valence-electron chi connectivity index (χ3n) is 7.00. The Labute approximate surface area is 186 Å². The van der Waals surface area contributed by atoms with E-state index in [0.29, 0.717) is 12.5 Å². The van der Waals surface area contributed by atoms with Crippen molar-refractivity contribution < 1.29 is 9.90 Å². The van der Waals surface area contributed by atoms with Crippen LogP contribution in [0.15, 0.2) is 24.3 Å². The lowest BCUT2D eigenvalue weighted by molar-refractivity contribution is -0.134. The maximum atomic E-state index is 13.1. The summed E-state index contributed by atoms with van der Waals surface area (Å²) in [4.78, 5) is 15.5. The van der Waals surface area contributed by atoms with Crippen LogP contribution in [-0.4, -0.2) is 48.2 Å². The van der Waals surface area contributed by atoms with Crippen molar-refractivity contribution in [3.8, 4) is 0 Å². The molecule has 0 aromatic heterocycles. The van der Waals surface area contributed by atoms with Crippen molar-refractivity contribution in [2.75, 3.05) is 26.2 Å². The van der Waals surface area contributed by atoms with Crippen molar-refractivity contribution in [1.29, 1.82) is 0 Å². The predicted molar refractivity (Wildman–Crippen MR) is 121 cm³/mol. The first-order valence-electron chi connectivity index (χ1n) is 10.6. The van der Waals surface area contributed by atoms with E-state index < -0.39 is 0 Å². The highest BCUT2D eigenvalue weighted by molar-refractivity contribution is 5.85. The standard InChI is InChI=1S/C22H33N3O2.2ClH/c26-20-8-11-25(12-9-20)15-18-6-2-1-5-17(18)13-24-21(27)22-10-4-3-7-19(22)14-23-16-22;;/h1-2,5-6,19-20,23,26H,3-4,7-16H2,(H,24,27);2*1H/t19-,22+;;/m0../s1. The molecule has 164 valence electrons. The van der Waals surface area contributed by atoms with Gasteiger partial charge < -0.3 is 15.7 Å². The zero-order chi connectivity index (χ0) is 18.7. The van der Waals surface area contributed by atoms with E-state index in [1.807, 2.05) is 0 Å². The van der Waals surface area contributed by atoms with Crippen LogP contribution in [0.4, 0.5) is 0 Å². The van der Waals surface area contributed by atoms with Crippen molar-refractivity contribution in [3.05, 3.63) is 35.4 Å². The number of rotatable bonds is 5. The van der Waals surface area contributed by atoms with E-state index in [0.717, 1.165) is 52.0 Å². The van der Waals surface area contributed by atoms with Crippen LogP contribution in [0.25, 0.3) is 0 Å². The molecule has 0 bridgehead atoms. The number of nitrogens with one attached hydrogen (secondary N) is 2. The van der Waals surface area contributed by atoms with Crippen molar-refractivity contribution in [3.63, 3.8) is 0 Å². The zero-order valence-corrected chi connectivity index (χ0v) is 18.7. The molecule has 0 unspecified atom stereocenters. The van der Waals surface area contributed by atoms with Crippen LogP contribution in [0.2, 0.25) is 0 Å². The van der Waals surface area contributed by atoms with Gasteiger partial charge in [-0.15, -0.1) is 24.8 Å². The number of aliphatic hydroxyl groups excluding tert-OH is 1. The molecule has 0 spiro atoms. The fourth-order valence-corrected chi connectivity index (χ4v) is 5.24. The van der Waals surface area contributed by atoms with Crippen LogP contribution in [0.1, 0.15) is 49.7 Å². The summed E-state index contributed by atoms with van der Waals surface area (Å²) in [5, 5.41) is 16.5. The predicted octanol–water partition coefficient (Wildman–Crippen LogP) is 2.88. The number of nitrogens with zero attached hydrogens (tertiary/aromatic N) is 1. The molecular weight excluding hydrogens is 409 g/mol. The minimum absolute atomic E-state index is 0. The zero-order valence-electron chi connectivity index (χ0n) is 17.1. The van der Waals surface area contributed by atoms with Crippen molar-refractivity contribution in [1.82, 2.24) is 15.5 Å². The Morgan fingerprint density at radius 1 is 1.14 bits per heavy atom. The molecule has 1 aliphatic carbocycles. The normalized spacial score (nSPS) is 27.4. The molecule has 3 N–H and O–H groups in total. The van der Waals surface area contributed by atoms with E-state index in [-0.39, 0.29) is 42.2 Å². The van der Waals surface area contributed by atoms with Gasteiger partial charge in [0.2, 0.25) is 5.91 Å². The molecule has 7 heteroatoms. The molecule has 29 heavy (non-hydrogen) atoms. The molecule has 0 radical (unpaired) electrons. The van der Waals surface area contributed by atoms with Crippen LogP contribution in [-0.2, 0) is 17.9 Å². The maximum Gasteiger partial charge on any atom is 0.228 e. The Morgan fingerprint density at radius 2 is 1.86 bits per heavy atom. The Morgan fingerprint density at radius 3 is 2.62 bits per heavy atom. The molecule has 2 aliphatic heterocycles. The molecule has 1 amide bonds. The highest BCUT2D eigenvalue weighted by Crippen LogP contribution is 2.43. The van der Waals surface area contributed by atoms with E-state index in [2.05, 4.69) is 39.8 Å². The number of aliphatic hydroxyl groups is 1. The molecule has 2 heterocycles. The first-order chi connectivity index (χ1) is 13.2. The first kappa shape index (κ1) is 24.4. The molecule has 4 rings (SSSR count). The van der Waals surface area contributed by atoms with Gasteiger partial charge in [0.1, 0.15) is 0 Å². The Balaban J connectivity index is 0.00000150. The van der Waals surface area contributed by atoms with Gasteiger partial charge in [-0.05, 0) is 49.3 Å². The Kier molecular flexibility index (Phi) is 9.23.